The van der Waals surface area contributed by atoms with Crippen LogP contribution in [0.25, 0.3) is 0 Å². The Morgan fingerprint density at radius 3 is 1.27 bits per heavy atom. The Morgan fingerprint density at radius 1 is 0.479 bits per heavy atom. The van der Waals surface area contributed by atoms with Crippen LogP contribution in [-0.4, -0.2) is 109 Å². The molecule has 0 aromatic rings. The predicted octanol–water partition coefficient (Wildman–Crippen LogP) is 4.72. The lowest BCUT2D eigenvalue weighted by atomic mass is 10.1. The largest absolute Gasteiger partial charge is 0.466 e. The van der Waals surface area contributed by atoms with E-state index >= 15 is 0 Å². The second-order valence-corrected chi connectivity index (χ2v) is 11.2. The van der Waals surface area contributed by atoms with Gasteiger partial charge in [-0.2, -0.15) is 75.8 Å². The number of hydrogen-bond acceptors (Lipinski definition) is 18. The van der Waals surface area contributed by atoms with Crippen LogP contribution in [0.5, 0.6) is 0 Å². The molecule has 0 aliphatic heterocycles. The van der Waals surface area contributed by atoms with Crippen LogP contribution in [0.3, 0.4) is 0 Å². The quantitative estimate of drug-likeness (QED) is 0.0367. The van der Waals surface area contributed by atoms with E-state index in [2.05, 4.69) is 94.4 Å². The third-order valence-corrected chi connectivity index (χ3v) is 6.37. The zero-order valence-corrected chi connectivity index (χ0v) is 33.7. The van der Waals surface area contributed by atoms with Crippen molar-refractivity contribution in [2.24, 2.45) is 0 Å². The van der Waals surface area contributed by atoms with Crippen molar-refractivity contribution < 1.29 is 57.2 Å². The highest BCUT2D eigenvalue weighted by Crippen LogP contribution is 2.08. The molecule has 0 saturated heterocycles. The van der Waals surface area contributed by atoms with E-state index in [1.54, 1.807) is 6.92 Å². The summed E-state index contributed by atoms with van der Waals surface area (Å²) in [6.45, 7) is 7.72. The zero-order chi connectivity index (χ0) is 37.4. The second-order valence-electron chi connectivity index (χ2n) is 9.04. The highest BCUT2D eigenvalue weighted by molar-refractivity contribution is 7.81. The molecule has 0 N–H and O–H groups in total. The Bertz CT molecular complexity index is 813. The van der Waals surface area contributed by atoms with E-state index in [1.807, 2.05) is 0 Å². The fourth-order valence-corrected chi connectivity index (χ4v) is 3.24. The number of carbonyl (C=O) groups excluding carboxylic acids is 6. The topological polar surface area (TPSA) is 158 Å². The van der Waals surface area contributed by atoms with Gasteiger partial charge in [0.15, 0.2) is 0 Å². The lowest BCUT2D eigenvalue weighted by Crippen LogP contribution is -2.26. The molecule has 0 aliphatic rings. The van der Waals surface area contributed by atoms with Crippen molar-refractivity contribution >= 4 is 112 Å². The first kappa shape index (κ1) is 53.7. The summed E-state index contributed by atoms with van der Waals surface area (Å²) in [6.07, 6.45) is 6.10. The fraction of sp³-hybridized carbons (Fsp3) is 0.800. The molecule has 284 valence electrons. The number of esters is 6. The van der Waals surface area contributed by atoms with E-state index in [0.717, 1.165) is 25.7 Å². The number of unbranched alkanes of at least 4 members (excludes halogenated alkanes) is 3. The number of carbonyl (C=O) groups is 6. The van der Waals surface area contributed by atoms with Crippen LogP contribution in [0.1, 0.15) is 78.6 Å². The summed E-state index contributed by atoms with van der Waals surface area (Å²) in [5.41, 5.74) is 0. The highest BCUT2D eigenvalue weighted by atomic mass is 32.1. The maximum Gasteiger partial charge on any atom is 0.316 e. The van der Waals surface area contributed by atoms with Gasteiger partial charge in [-0.05, 0) is 39.0 Å². The number of rotatable bonds is 23. The summed E-state index contributed by atoms with van der Waals surface area (Å²) in [6, 6.07) is 0. The first-order chi connectivity index (χ1) is 23.0. The third-order valence-electron chi connectivity index (χ3n) is 4.89. The highest BCUT2D eigenvalue weighted by Gasteiger charge is 2.16. The van der Waals surface area contributed by atoms with Gasteiger partial charge in [0.1, 0.15) is 12.7 Å². The van der Waals surface area contributed by atoms with Gasteiger partial charge in [-0.1, -0.05) is 26.7 Å². The van der Waals surface area contributed by atoms with Crippen LogP contribution in [0.15, 0.2) is 0 Å². The fourth-order valence-electron chi connectivity index (χ4n) is 2.53. The van der Waals surface area contributed by atoms with E-state index in [-0.39, 0.29) is 60.1 Å². The van der Waals surface area contributed by atoms with Crippen molar-refractivity contribution in [3.05, 3.63) is 0 Å². The van der Waals surface area contributed by atoms with E-state index in [1.165, 1.54) is 0 Å². The molecule has 0 saturated carbocycles. The summed E-state index contributed by atoms with van der Waals surface area (Å²) >= 11 is 22.9. The van der Waals surface area contributed by atoms with E-state index in [0.29, 0.717) is 63.4 Å². The van der Waals surface area contributed by atoms with Crippen LogP contribution < -0.4 is 0 Å². The van der Waals surface area contributed by atoms with Gasteiger partial charge in [-0.15, -0.1) is 0 Å². The number of ether oxygens (including phenoxy) is 6. The molecule has 0 aliphatic carbocycles. The Morgan fingerprint density at radius 2 is 0.875 bits per heavy atom. The monoisotopic (exact) mass is 800 g/mol. The van der Waals surface area contributed by atoms with Crippen molar-refractivity contribution in [2.75, 3.05) is 67.6 Å². The molecular formula is C30H56O12S6. The van der Waals surface area contributed by atoms with Gasteiger partial charge < -0.3 is 28.4 Å². The molecule has 12 nitrogen and oxygen atoms in total. The summed E-state index contributed by atoms with van der Waals surface area (Å²) in [5.74, 6) is -0.574. The Hall–Kier alpha value is -1.08. The molecular weight excluding hydrogens is 745 g/mol. The molecule has 0 heterocycles. The van der Waals surface area contributed by atoms with Crippen LogP contribution in [0.4, 0.5) is 0 Å². The molecule has 0 amide bonds. The summed E-state index contributed by atoms with van der Waals surface area (Å²) in [7, 11) is 0. The molecule has 0 radical (unpaired) electrons. The number of thiol groups is 6. The summed E-state index contributed by atoms with van der Waals surface area (Å²) in [4.78, 5) is 64.5. The lowest BCUT2D eigenvalue weighted by Gasteiger charge is -2.17. The van der Waals surface area contributed by atoms with Gasteiger partial charge in [0.05, 0.1) is 62.3 Å². The smallest absolute Gasteiger partial charge is 0.316 e. The molecule has 18 heteroatoms. The normalized spacial score (nSPS) is 10.2. The molecule has 0 spiro atoms. The molecule has 0 aromatic heterocycles. The molecule has 0 rings (SSSR count). The lowest BCUT2D eigenvalue weighted by molar-refractivity contribution is -0.156. The standard InChI is InChI=1S/C12H20O6S3.C7H14O2S.C6H12O2S.C5H10O2S/c13-10(6-19)16-4-2-1-3-9(18-12(15)8-21)5-17-11(14)7-20;1-2-3-5-9-7(8)4-6-10;1-2-3-4-8-6(7)5-9;1-2-7-5(6)3-4-8/h9,19-21H,1-8H2;10H,2-6H2,1H3;9H,2-5H2,1H3;8H,2-4H2,1H3. The van der Waals surface area contributed by atoms with Crippen molar-refractivity contribution in [3.8, 4) is 0 Å². The van der Waals surface area contributed by atoms with Gasteiger partial charge in [0.25, 0.3) is 0 Å². The minimum absolute atomic E-state index is 0.0185. The molecule has 1 unspecified atom stereocenters. The van der Waals surface area contributed by atoms with Gasteiger partial charge in [0.2, 0.25) is 0 Å². The van der Waals surface area contributed by atoms with Crippen molar-refractivity contribution in [1.29, 1.82) is 0 Å². The average Bonchev–Trinajstić information content (AvgIpc) is 3.07. The predicted molar refractivity (Wildman–Crippen MR) is 206 cm³/mol. The SMILES string of the molecule is CCCCOC(=O)CCS.CCCCOC(=O)CS.CCOC(=O)CCS.O=C(CS)OCCCCC(COC(=O)CS)OC(=O)CS. The molecule has 0 bridgehead atoms. The van der Waals surface area contributed by atoms with Crippen LogP contribution in [0.2, 0.25) is 0 Å². The maximum atomic E-state index is 11.2. The minimum atomic E-state index is -0.533. The van der Waals surface area contributed by atoms with E-state index in [9.17, 15) is 28.8 Å². The van der Waals surface area contributed by atoms with E-state index in [4.69, 9.17) is 23.7 Å². The number of hydrogen-bond donors (Lipinski definition) is 6. The first-order valence-corrected chi connectivity index (χ1v) is 19.4. The van der Waals surface area contributed by atoms with Gasteiger partial charge in [-0.3, -0.25) is 28.8 Å². The Labute approximate surface area is 319 Å². The summed E-state index contributed by atoms with van der Waals surface area (Å²) < 4.78 is 29.0. The van der Waals surface area contributed by atoms with Crippen LogP contribution in [-0.2, 0) is 57.2 Å². The third kappa shape index (κ3) is 47.0. The molecule has 48 heavy (non-hydrogen) atoms. The van der Waals surface area contributed by atoms with Crippen molar-refractivity contribution in [1.82, 2.24) is 0 Å². The molecule has 0 aromatic carbocycles. The van der Waals surface area contributed by atoms with Crippen molar-refractivity contribution in [2.45, 2.75) is 84.7 Å². The molecule has 0 fully saturated rings. The van der Waals surface area contributed by atoms with Crippen LogP contribution in [0, 0.1) is 0 Å². The summed E-state index contributed by atoms with van der Waals surface area (Å²) in [5, 5.41) is 0. The molecule has 1 atom stereocenters. The van der Waals surface area contributed by atoms with Crippen molar-refractivity contribution in [3.63, 3.8) is 0 Å². The zero-order valence-electron chi connectivity index (χ0n) is 28.3. The minimum Gasteiger partial charge on any atom is -0.466 e. The van der Waals surface area contributed by atoms with Gasteiger partial charge in [-0.25, -0.2) is 0 Å². The average molecular weight is 801 g/mol. The van der Waals surface area contributed by atoms with Gasteiger partial charge in [0, 0.05) is 11.5 Å². The second kappa shape index (κ2) is 43.9. The van der Waals surface area contributed by atoms with E-state index < -0.39 is 18.0 Å². The first-order valence-electron chi connectivity index (χ1n) is 15.6. The Kier molecular flexibility index (Phi) is 49.2. The Balaban J connectivity index is -0.000000299. The van der Waals surface area contributed by atoms with Gasteiger partial charge >= 0.3 is 35.8 Å². The van der Waals surface area contributed by atoms with Crippen LogP contribution >= 0.6 is 75.8 Å². The maximum absolute atomic E-state index is 11.2.